The Balaban J connectivity index is 2.94. The Labute approximate surface area is 118 Å². The van der Waals surface area contributed by atoms with E-state index in [1.807, 2.05) is 0 Å². The Kier molecular flexibility index (Phi) is 5.49. The number of nitrogens with zero attached hydrogens (tertiary/aromatic N) is 1. The van der Waals surface area contributed by atoms with Crippen molar-refractivity contribution in [1.82, 2.24) is 9.88 Å². The van der Waals surface area contributed by atoms with Crippen molar-refractivity contribution >= 4 is 17.7 Å². The van der Waals surface area contributed by atoms with Gasteiger partial charge in [-0.15, -0.1) is 0 Å². The molecule has 1 N–H and O–H groups in total. The molecule has 0 unspecified atom stereocenters. The molecule has 20 heavy (non-hydrogen) atoms. The van der Waals surface area contributed by atoms with Gasteiger partial charge in [0, 0.05) is 33.1 Å². The SMILES string of the molecule is COC(=O)c1cc(C(C)=O)n(C)c1CCCNC(C)=O. The number of carbonyl (C=O) groups excluding carboxylic acids is 3. The van der Waals surface area contributed by atoms with Crippen molar-refractivity contribution in [3.63, 3.8) is 0 Å². The summed E-state index contributed by atoms with van der Waals surface area (Å²) in [4.78, 5) is 34.1. The lowest BCUT2D eigenvalue weighted by Crippen LogP contribution is -2.21. The van der Waals surface area contributed by atoms with Crippen molar-refractivity contribution in [3.8, 4) is 0 Å². The van der Waals surface area contributed by atoms with E-state index in [0.29, 0.717) is 30.6 Å². The number of ketones is 1. The van der Waals surface area contributed by atoms with Gasteiger partial charge in [0.15, 0.2) is 5.78 Å². The Morgan fingerprint density at radius 1 is 1.30 bits per heavy atom. The second kappa shape index (κ2) is 6.88. The molecule has 0 aliphatic carbocycles. The van der Waals surface area contributed by atoms with E-state index in [1.54, 1.807) is 17.7 Å². The number of hydrogen-bond acceptors (Lipinski definition) is 4. The fourth-order valence-corrected chi connectivity index (χ4v) is 2.09. The molecule has 1 aromatic heterocycles. The van der Waals surface area contributed by atoms with Gasteiger partial charge in [0.05, 0.1) is 18.4 Å². The monoisotopic (exact) mass is 280 g/mol. The smallest absolute Gasteiger partial charge is 0.339 e. The second-order valence-electron chi connectivity index (χ2n) is 4.58. The van der Waals surface area contributed by atoms with Gasteiger partial charge in [-0.25, -0.2) is 4.79 Å². The minimum atomic E-state index is -0.456. The Bertz CT molecular complexity index is 532. The molecule has 1 aromatic rings. The number of hydrogen-bond donors (Lipinski definition) is 1. The zero-order chi connectivity index (χ0) is 15.3. The third-order valence-corrected chi connectivity index (χ3v) is 3.09. The number of methoxy groups -OCH3 is 1. The summed E-state index contributed by atoms with van der Waals surface area (Å²) >= 11 is 0. The van der Waals surface area contributed by atoms with Crippen LogP contribution in [0.2, 0.25) is 0 Å². The average Bonchev–Trinajstić information content (AvgIpc) is 2.71. The zero-order valence-corrected chi connectivity index (χ0v) is 12.3. The maximum atomic E-state index is 11.7. The van der Waals surface area contributed by atoms with E-state index in [-0.39, 0.29) is 11.7 Å². The molecule has 0 saturated carbocycles. The highest BCUT2D eigenvalue weighted by atomic mass is 16.5. The first-order valence-corrected chi connectivity index (χ1v) is 6.40. The summed E-state index contributed by atoms with van der Waals surface area (Å²) < 4.78 is 6.45. The van der Waals surface area contributed by atoms with Crippen LogP contribution in [-0.4, -0.2) is 35.9 Å². The molecular weight excluding hydrogens is 260 g/mol. The summed E-state index contributed by atoms with van der Waals surface area (Å²) in [6.07, 6.45) is 1.26. The maximum Gasteiger partial charge on any atom is 0.339 e. The van der Waals surface area contributed by atoms with Crippen molar-refractivity contribution < 1.29 is 19.1 Å². The standard InChI is InChI=1S/C14H20N2O4/c1-9(17)13-8-11(14(19)20-4)12(16(13)3)6-5-7-15-10(2)18/h8H,5-7H2,1-4H3,(H,15,18). The molecule has 0 spiro atoms. The Morgan fingerprint density at radius 3 is 2.45 bits per heavy atom. The van der Waals surface area contributed by atoms with Crippen LogP contribution in [0.4, 0.5) is 0 Å². The highest BCUT2D eigenvalue weighted by Crippen LogP contribution is 2.18. The van der Waals surface area contributed by atoms with E-state index in [4.69, 9.17) is 4.74 Å². The summed E-state index contributed by atoms with van der Waals surface area (Å²) in [6.45, 7) is 3.43. The number of esters is 1. The van der Waals surface area contributed by atoms with Gasteiger partial charge in [0.25, 0.3) is 0 Å². The van der Waals surface area contributed by atoms with Crippen LogP contribution in [0.15, 0.2) is 6.07 Å². The fourth-order valence-electron chi connectivity index (χ4n) is 2.09. The molecular formula is C14H20N2O4. The summed E-state index contributed by atoms with van der Waals surface area (Å²) in [7, 11) is 3.06. The van der Waals surface area contributed by atoms with Crippen molar-refractivity contribution in [2.45, 2.75) is 26.7 Å². The van der Waals surface area contributed by atoms with Crippen LogP contribution in [-0.2, 0) is 23.0 Å². The highest BCUT2D eigenvalue weighted by Gasteiger charge is 2.20. The number of amides is 1. The third-order valence-electron chi connectivity index (χ3n) is 3.09. The van der Waals surface area contributed by atoms with Gasteiger partial charge in [-0.05, 0) is 18.9 Å². The van der Waals surface area contributed by atoms with E-state index >= 15 is 0 Å². The molecule has 110 valence electrons. The molecule has 1 amide bonds. The summed E-state index contributed by atoms with van der Waals surface area (Å²) in [6, 6.07) is 1.56. The van der Waals surface area contributed by atoms with E-state index in [2.05, 4.69) is 5.32 Å². The van der Waals surface area contributed by atoms with E-state index in [0.717, 1.165) is 5.69 Å². The molecule has 1 rings (SSSR count). The normalized spacial score (nSPS) is 10.2. The lowest BCUT2D eigenvalue weighted by molar-refractivity contribution is -0.118. The number of Topliss-reactive ketones (excluding diaryl/α,β-unsaturated/α-hetero) is 1. The molecule has 0 aromatic carbocycles. The predicted octanol–water partition coefficient (Wildman–Crippen LogP) is 1.08. The second-order valence-corrected chi connectivity index (χ2v) is 4.58. The van der Waals surface area contributed by atoms with Gasteiger partial charge in [0.1, 0.15) is 0 Å². The number of ether oxygens (including phenoxy) is 1. The van der Waals surface area contributed by atoms with Crippen molar-refractivity contribution in [2.75, 3.05) is 13.7 Å². The third kappa shape index (κ3) is 3.69. The van der Waals surface area contributed by atoms with Crippen LogP contribution in [0.25, 0.3) is 0 Å². The Hall–Kier alpha value is -2.11. The molecule has 0 saturated heterocycles. The molecule has 6 nitrogen and oxygen atoms in total. The summed E-state index contributed by atoms with van der Waals surface area (Å²) in [5, 5.41) is 2.70. The zero-order valence-electron chi connectivity index (χ0n) is 12.3. The van der Waals surface area contributed by atoms with Gasteiger partial charge >= 0.3 is 5.97 Å². The highest BCUT2D eigenvalue weighted by molar-refractivity contribution is 5.98. The summed E-state index contributed by atoms with van der Waals surface area (Å²) in [5.41, 5.74) is 1.62. The van der Waals surface area contributed by atoms with Crippen molar-refractivity contribution in [3.05, 3.63) is 23.0 Å². The van der Waals surface area contributed by atoms with Crippen LogP contribution in [0, 0.1) is 0 Å². The first kappa shape index (κ1) is 15.9. The number of nitrogens with one attached hydrogen (secondary N) is 1. The lowest BCUT2D eigenvalue weighted by Gasteiger charge is -2.08. The van der Waals surface area contributed by atoms with E-state index in [1.165, 1.54) is 21.0 Å². The molecule has 6 heteroatoms. The molecule has 0 fully saturated rings. The van der Waals surface area contributed by atoms with Gasteiger partial charge in [-0.1, -0.05) is 0 Å². The van der Waals surface area contributed by atoms with Crippen LogP contribution in [0.1, 0.15) is 46.8 Å². The summed E-state index contributed by atoms with van der Waals surface area (Å²) in [5.74, 6) is -0.650. The molecule has 0 aliphatic rings. The van der Waals surface area contributed by atoms with Gasteiger partial charge in [-0.2, -0.15) is 0 Å². The topological polar surface area (TPSA) is 77.4 Å². The predicted molar refractivity (Wildman–Crippen MR) is 73.8 cm³/mol. The van der Waals surface area contributed by atoms with E-state index in [9.17, 15) is 14.4 Å². The fraction of sp³-hybridized carbons (Fsp3) is 0.500. The van der Waals surface area contributed by atoms with Gasteiger partial charge in [0.2, 0.25) is 5.91 Å². The lowest BCUT2D eigenvalue weighted by atomic mass is 10.1. The number of carbonyl (C=O) groups is 3. The van der Waals surface area contributed by atoms with Crippen LogP contribution in [0.5, 0.6) is 0 Å². The van der Waals surface area contributed by atoms with E-state index < -0.39 is 5.97 Å². The molecule has 0 bridgehead atoms. The Morgan fingerprint density at radius 2 is 1.95 bits per heavy atom. The molecule has 0 aliphatic heterocycles. The molecule has 1 heterocycles. The van der Waals surface area contributed by atoms with Gasteiger partial charge < -0.3 is 14.6 Å². The number of aromatic nitrogens is 1. The molecule has 0 atom stereocenters. The maximum absolute atomic E-state index is 11.7. The minimum absolute atomic E-state index is 0.0884. The van der Waals surface area contributed by atoms with Gasteiger partial charge in [-0.3, -0.25) is 9.59 Å². The van der Waals surface area contributed by atoms with Crippen molar-refractivity contribution in [2.24, 2.45) is 7.05 Å². The van der Waals surface area contributed by atoms with Crippen LogP contribution >= 0.6 is 0 Å². The largest absolute Gasteiger partial charge is 0.465 e. The average molecular weight is 280 g/mol. The van der Waals surface area contributed by atoms with Crippen LogP contribution < -0.4 is 5.32 Å². The van der Waals surface area contributed by atoms with Crippen LogP contribution in [0.3, 0.4) is 0 Å². The quantitative estimate of drug-likeness (QED) is 0.480. The van der Waals surface area contributed by atoms with Crippen molar-refractivity contribution in [1.29, 1.82) is 0 Å². The number of rotatable bonds is 6. The first-order valence-electron chi connectivity index (χ1n) is 6.40. The minimum Gasteiger partial charge on any atom is -0.465 e. The molecule has 0 radical (unpaired) electrons. The first-order chi connectivity index (χ1) is 9.38.